The quantitative estimate of drug-likeness (QED) is 0.354. The Kier molecular flexibility index (Phi) is 5.99. The van der Waals surface area contributed by atoms with Crippen LogP contribution in [0.4, 0.5) is 5.69 Å². The summed E-state index contributed by atoms with van der Waals surface area (Å²) in [4.78, 5) is 17.0. The molecule has 0 spiro atoms. The highest BCUT2D eigenvalue weighted by atomic mass is 16.5. The monoisotopic (exact) mass is 453 g/mol. The molecule has 5 rings (SSSR count). The number of fused-ring (bicyclic) bond motifs is 2. The van der Waals surface area contributed by atoms with Crippen LogP contribution in [0.5, 0.6) is 17.2 Å². The first-order chi connectivity index (χ1) is 16.7. The zero-order valence-electron chi connectivity index (χ0n) is 18.6. The van der Waals surface area contributed by atoms with Crippen molar-refractivity contribution in [3.63, 3.8) is 0 Å². The average Bonchev–Trinajstić information content (AvgIpc) is 3.29. The van der Waals surface area contributed by atoms with Gasteiger partial charge in [-0.15, -0.1) is 0 Å². The van der Waals surface area contributed by atoms with E-state index in [9.17, 15) is 4.79 Å². The molecule has 7 heteroatoms. The van der Waals surface area contributed by atoms with Gasteiger partial charge in [-0.25, -0.2) is 4.98 Å². The van der Waals surface area contributed by atoms with E-state index >= 15 is 0 Å². The Morgan fingerprint density at radius 2 is 1.76 bits per heavy atom. The molecule has 0 bridgehead atoms. The van der Waals surface area contributed by atoms with Crippen LogP contribution in [-0.2, 0) is 11.4 Å². The molecule has 1 N–H and O–H groups in total. The minimum atomic E-state index is -0.273. The van der Waals surface area contributed by atoms with Crippen LogP contribution < -0.4 is 19.5 Å². The first kappa shape index (κ1) is 21.3. The number of imidazole rings is 1. The maximum absolute atomic E-state index is 12.5. The molecule has 7 nitrogen and oxygen atoms in total. The van der Waals surface area contributed by atoms with Crippen molar-refractivity contribution in [3.8, 4) is 17.2 Å². The number of carbonyl (C=O) groups is 1. The van der Waals surface area contributed by atoms with Crippen LogP contribution in [-0.4, -0.2) is 29.0 Å². The summed E-state index contributed by atoms with van der Waals surface area (Å²) in [5, 5.41) is 5.02. The fourth-order valence-electron chi connectivity index (χ4n) is 3.68. The summed E-state index contributed by atoms with van der Waals surface area (Å²) in [6.07, 6.45) is 3.85. The summed E-state index contributed by atoms with van der Waals surface area (Å²) in [7, 11) is 1.57. The molecule has 0 unspecified atom stereocenters. The van der Waals surface area contributed by atoms with Crippen LogP contribution in [0.3, 0.4) is 0 Å². The lowest BCUT2D eigenvalue weighted by atomic mass is 10.1. The van der Waals surface area contributed by atoms with Crippen molar-refractivity contribution in [2.75, 3.05) is 19.0 Å². The number of methoxy groups -OCH3 is 1. The second kappa shape index (κ2) is 9.54. The van der Waals surface area contributed by atoms with Gasteiger partial charge < -0.3 is 23.9 Å². The lowest BCUT2D eigenvalue weighted by Crippen LogP contribution is -2.20. The van der Waals surface area contributed by atoms with Gasteiger partial charge in [-0.05, 0) is 47.2 Å². The molecule has 0 saturated heterocycles. The molecule has 2 heterocycles. The van der Waals surface area contributed by atoms with E-state index in [1.807, 2.05) is 77.5 Å². The van der Waals surface area contributed by atoms with E-state index in [4.69, 9.17) is 14.2 Å². The van der Waals surface area contributed by atoms with E-state index in [-0.39, 0.29) is 19.1 Å². The molecule has 170 valence electrons. The van der Waals surface area contributed by atoms with Gasteiger partial charge in [0.1, 0.15) is 18.0 Å². The second-order valence-corrected chi connectivity index (χ2v) is 7.70. The number of hydrogen-bond donors (Lipinski definition) is 1. The number of nitrogens with one attached hydrogen (secondary N) is 1. The van der Waals surface area contributed by atoms with E-state index in [0.29, 0.717) is 22.9 Å². The minimum Gasteiger partial charge on any atom is -0.493 e. The van der Waals surface area contributed by atoms with Crippen molar-refractivity contribution in [1.29, 1.82) is 0 Å². The Balaban J connectivity index is 1.22. The van der Waals surface area contributed by atoms with E-state index in [1.165, 1.54) is 0 Å². The first-order valence-electron chi connectivity index (χ1n) is 10.8. The van der Waals surface area contributed by atoms with Crippen molar-refractivity contribution in [2.45, 2.75) is 6.61 Å². The van der Waals surface area contributed by atoms with Crippen molar-refractivity contribution >= 4 is 28.0 Å². The predicted molar refractivity (Wildman–Crippen MR) is 131 cm³/mol. The molecule has 0 radical (unpaired) electrons. The number of amides is 1. The van der Waals surface area contributed by atoms with Gasteiger partial charge in [-0.1, -0.05) is 36.4 Å². The Morgan fingerprint density at radius 1 is 0.912 bits per heavy atom. The summed E-state index contributed by atoms with van der Waals surface area (Å²) in [5.74, 6) is 1.44. The van der Waals surface area contributed by atoms with Gasteiger partial charge in [0, 0.05) is 24.1 Å². The van der Waals surface area contributed by atoms with Crippen molar-refractivity contribution in [2.24, 2.45) is 0 Å². The summed E-state index contributed by atoms with van der Waals surface area (Å²) in [6.45, 7) is 0.155. The van der Waals surface area contributed by atoms with Crippen LogP contribution in [0.25, 0.3) is 16.4 Å². The van der Waals surface area contributed by atoms with Gasteiger partial charge in [0.15, 0.2) is 18.1 Å². The maximum atomic E-state index is 12.5. The van der Waals surface area contributed by atoms with Crippen molar-refractivity contribution in [1.82, 2.24) is 9.38 Å². The Bertz CT molecular complexity index is 1430. The summed E-state index contributed by atoms with van der Waals surface area (Å²) in [5.41, 5.74) is 2.21. The normalized spacial score (nSPS) is 10.9. The zero-order valence-corrected chi connectivity index (χ0v) is 18.6. The molecule has 0 saturated carbocycles. The number of aromatic nitrogens is 2. The number of benzene rings is 3. The van der Waals surface area contributed by atoms with Crippen LogP contribution >= 0.6 is 0 Å². The highest BCUT2D eigenvalue weighted by Gasteiger charge is 2.11. The Morgan fingerprint density at radius 3 is 2.62 bits per heavy atom. The molecular weight excluding hydrogens is 430 g/mol. The molecule has 3 aromatic carbocycles. The van der Waals surface area contributed by atoms with Crippen molar-refractivity contribution < 1.29 is 19.0 Å². The van der Waals surface area contributed by atoms with Crippen LogP contribution in [0.2, 0.25) is 0 Å². The largest absolute Gasteiger partial charge is 0.493 e. The minimum absolute atomic E-state index is 0.109. The van der Waals surface area contributed by atoms with Crippen LogP contribution in [0, 0.1) is 0 Å². The molecule has 5 aromatic rings. The number of hydrogen-bond acceptors (Lipinski definition) is 5. The highest BCUT2D eigenvalue weighted by molar-refractivity contribution is 5.92. The summed E-state index contributed by atoms with van der Waals surface area (Å²) >= 11 is 0. The van der Waals surface area contributed by atoms with Gasteiger partial charge >= 0.3 is 0 Å². The summed E-state index contributed by atoms with van der Waals surface area (Å²) < 4.78 is 19.0. The number of nitrogens with zero attached hydrogens (tertiary/aromatic N) is 2. The highest BCUT2D eigenvalue weighted by Crippen LogP contribution is 2.31. The maximum Gasteiger partial charge on any atom is 0.262 e. The Labute approximate surface area is 196 Å². The molecule has 0 aliphatic heterocycles. The fraction of sp³-hybridized carbons (Fsp3) is 0.111. The molecule has 0 aliphatic rings. The summed E-state index contributed by atoms with van der Waals surface area (Å²) in [6, 6.07) is 24.8. The third-order valence-corrected chi connectivity index (χ3v) is 5.33. The third-order valence-electron chi connectivity index (χ3n) is 5.33. The third kappa shape index (κ3) is 4.78. The van der Waals surface area contributed by atoms with E-state index in [0.717, 1.165) is 22.1 Å². The topological polar surface area (TPSA) is 74.1 Å². The first-order valence-corrected chi connectivity index (χ1v) is 10.8. The molecule has 0 atom stereocenters. The van der Waals surface area contributed by atoms with Crippen LogP contribution in [0.1, 0.15) is 5.69 Å². The van der Waals surface area contributed by atoms with Gasteiger partial charge in [-0.3, -0.25) is 4.79 Å². The van der Waals surface area contributed by atoms with Crippen LogP contribution in [0.15, 0.2) is 91.3 Å². The van der Waals surface area contributed by atoms with E-state index in [2.05, 4.69) is 10.3 Å². The molecule has 0 fully saturated rings. The number of carbonyl (C=O) groups excluding carboxylic acids is 1. The fourth-order valence-corrected chi connectivity index (χ4v) is 3.68. The van der Waals surface area contributed by atoms with Crippen molar-refractivity contribution in [3.05, 3.63) is 97.0 Å². The number of rotatable bonds is 8. The van der Waals surface area contributed by atoms with Gasteiger partial charge in [0.25, 0.3) is 5.91 Å². The number of anilines is 1. The Hall–Kier alpha value is -4.52. The lowest BCUT2D eigenvalue weighted by Gasteiger charge is -2.13. The van der Waals surface area contributed by atoms with E-state index < -0.39 is 0 Å². The molecule has 0 aliphatic carbocycles. The average molecular weight is 453 g/mol. The lowest BCUT2D eigenvalue weighted by molar-refractivity contribution is -0.118. The van der Waals surface area contributed by atoms with Gasteiger partial charge in [-0.2, -0.15) is 0 Å². The molecule has 1 amide bonds. The number of ether oxygens (including phenoxy) is 3. The predicted octanol–water partition coefficient (Wildman–Crippen LogP) is 5.09. The smallest absolute Gasteiger partial charge is 0.262 e. The molecule has 2 aromatic heterocycles. The van der Waals surface area contributed by atoms with E-state index in [1.54, 1.807) is 25.3 Å². The van der Waals surface area contributed by atoms with Gasteiger partial charge in [0.05, 0.1) is 12.8 Å². The SMILES string of the molecule is COc1ccc(NC(=O)COc2ccc3ccccc3c2)cc1OCc1cn2ccccc2n1. The second-order valence-electron chi connectivity index (χ2n) is 7.70. The number of pyridine rings is 1. The molecule has 34 heavy (non-hydrogen) atoms. The zero-order chi connectivity index (χ0) is 23.3. The molecular formula is C27H23N3O4. The van der Waals surface area contributed by atoms with Gasteiger partial charge in [0.2, 0.25) is 0 Å². The standard InChI is InChI=1S/C27H23N3O4/c1-32-24-12-10-21(15-25(24)34-17-22-16-30-13-5-4-8-26(30)28-22)29-27(31)18-33-23-11-9-19-6-2-3-7-20(19)14-23/h2-16H,17-18H2,1H3,(H,29,31).